The smallest absolute Gasteiger partial charge is 0.410 e. The van der Waals surface area contributed by atoms with Crippen molar-refractivity contribution < 1.29 is 43.2 Å². The highest BCUT2D eigenvalue weighted by atomic mass is 16.6. The van der Waals surface area contributed by atoms with E-state index in [9.17, 15) is 24.3 Å². The first-order valence-corrected chi connectivity index (χ1v) is 25.7. The number of aromatic nitrogens is 8. The van der Waals surface area contributed by atoms with E-state index in [-0.39, 0.29) is 34.7 Å². The van der Waals surface area contributed by atoms with Crippen molar-refractivity contribution in [3.63, 3.8) is 0 Å². The first-order chi connectivity index (χ1) is 36.2. The number of benzene rings is 2. The minimum absolute atomic E-state index is 0.0560. The molecule has 77 heavy (non-hydrogen) atoms. The molecule has 0 unspecified atom stereocenters. The van der Waals surface area contributed by atoms with Crippen LogP contribution in [0.3, 0.4) is 0 Å². The van der Waals surface area contributed by atoms with Gasteiger partial charge in [-0.1, -0.05) is 12.1 Å². The van der Waals surface area contributed by atoms with Crippen molar-refractivity contribution in [1.82, 2.24) is 49.3 Å². The van der Waals surface area contributed by atoms with Crippen molar-refractivity contribution in [3.05, 3.63) is 106 Å². The summed E-state index contributed by atoms with van der Waals surface area (Å²) in [6, 6.07) is 18.0. The molecule has 2 aromatic carbocycles. The SMILES string of the molecule is CC1(C)CCc2nnc(-c3cccc(N)n3)n21.COc1cc2c(cc1C(=O)Nc1cccc(-c3nnc4n3C(C)(C)CC4)n1)CN(C(=O)OC(C)(C)C)CC2.COc1cc2c(cc1C(=O)O)CN(C(=O)OC(C)(C)C)CC2. The molecule has 0 radical (unpaired) electrons. The number of anilines is 2. The van der Waals surface area contributed by atoms with Crippen molar-refractivity contribution >= 4 is 35.7 Å². The summed E-state index contributed by atoms with van der Waals surface area (Å²) in [6.07, 6.45) is 4.47. The molecule has 0 aliphatic carbocycles. The number of nitrogen functional groups attached to an aromatic ring is 1. The molecule has 4 aliphatic heterocycles. The van der Waals surface area contributed by atoms with Crippen molar-refractivity contribution in [2.45, 2.75) is 143 Å². The van der Waals surface area contributed by atoms with Gasteiger partial charge in [-0.2, -0.15) is 0 Å². The van der Waals surface area contributed by atoms with E-state index in [2.05, 4.69) is 72.5 Å². The van der Waals surface area contributed by atoms with Crippen molar-refractivity contribution in [2.75, 3.05) is 38.4 Å². The molecule has 0 spiro atoms. The molecule has 3 amide bonds. The number of carbonyl (C=O) groups excluding carboxylic acids is 3. The summed E-state index contributed by atoms with van der Waals surface area (Å²) in [5.41, 5.74) is 10.2. The molecule has 0 atom stereocenters. The van der Waals surface area contributed by atoms with Crippen LogP contribution in [0.4, 0.5) is 21.2 Å². The Balaban J connectivity index is 0.000000169. The number of aryl methyl sites for hydroxylation is 2. The van der Waals surface area contributed by atoms with Crippen LogP contribution in [0.1, 0.15) is 137 Å². The standard InChI is InChI=1S/C28H34N6O4.C16H21NO5.C12H15N5/c1-27(2,3)38-26(36)33-13-11-17-15-21(37-6)19(14-18(17)16-33)25(35)30-22-9-7-8-20(29-22)24-32-31-23-10-12-28(4,5)34(23)24;1-16(2,3)22-15(20)17-6-5-10-8-13(21-4)12(14(18)19)7-11(10)9-17;1-12(2)7-6-10-15-16-11(17(10)12)8-4-3-5-9(13)14-8/h7-9,14-15H,10-13,16H2,1-6H3,(H,29,30,35);7-8H,5-6,9H2,1-4H3,(H,18,19);3-5H,6-7H2,1-2H3,(H2,13,14). The summed E-state index contributed by atoms with van der Waals surface area (Å²) < 4.78 is 25.9. The number of methoxy groups -OCH3 is 2. The van der Waals surface area contributed by atoms with Crippen LogP contribution in [0.5, 0.6) is 11.5 Å². The molecular weight excluding hydrogens is 985 g/mol. The van der Waals surface area contributed by atoms with Gasteiger partial charge in [0.05, 0.1) is 19.8 Å². The third kappa shape index (κ3) is 12.4. The zero-order valence-electron chi connectivity index (χ0n) is 46.1. The molecule has 21 nitrogen and oxygen atoms in total. The van der Waals surface area contributed by atoms with E-state index in [1.54, 1.807) is 47.2 Å². The Kier molecular flexibility index (Phi) is 15.4. The lowest BCUT2D eigenvalue weighted by atomic mass is 9.96. The van der Waals surface area contributed by atoms with E-state index >= 15 is 0 Å². The van der Waals surface area contributed by atoms with E-state index in [0.29, 0.717) is 79.2 Å². The molecule has 0 bridgehead atoms. The molecule has 408 valence electrons. The number of amides is 3. The number of nitrogens with one attached hydrogen (secondary N) is 1. The molecule has 0 saturated carbocycles. The quantitative estimate of drug-likeness (QED) is 0.135. The highest BCUT2D eigenvalue weighted by Gasteiger charge is 2.36. The van der Waals surface area contributed by atoms with Crippen molar-refractivity contribution in [2.24, 2.45) is 0 Å². The maximum atomic E-state index is 13.4. The third-order valence-electron chi connectivity index (χ3n) is 13.7. The molecule has 8 heterocycles. The predicted octanol–water partition coefficient (Wildman–Crippen LogP) is 8.87. The van der Waals surface area contributed by atoms with Gasteiger partial charge in [0.15, 0.2) is 11.6 Å². The molecular formula is C56H70N12O9. The van der Waals surface area contributed by atoms with Gasteiger partial charge in [0.1, 0.15) is 62.9 Å². The fraction of sp³-hybridized carbons (Fsp3) is 0.464. The van der Waals surface area contributed by atoms with E-state index in [0.717, 1.165) is 71.1 Å². The molecule has 4 N–H and O–H groups in total. The van der Waals surface area contributed by atoms with Gasteiger partial charge in [-0.15, -0.1) is 20.4 Å². The van der Waals surface area contributed by atoms with Gasteiger partial charge in [-0.25, -0.2) is 24.4 Å². The fourth-order valence-corrected chi connectivity index (χ4v) is 9.83. The number of carbonyl (C=O) groups is 4. The normalized spacial score (nSPS) is 15.7. The minimum Gasteiger partial charge on any atom is -0.496 e. The van der Waals surface area contributed by atoms with Gasteiger partial charge in [-0.3, -0.25) is 4.79 Å². The number of carboxylic acid groups (broad SMARTS) is 1. The third-order valence-corrected chi connectivity index (χ3v) is 13.7. The highest BCUT2D eigenvalue weighted by Crippen LogP contribution is 2.37. The monoisotopic (exact) mass is 1050 g/mol. The lowest BCUT2D eigenvalue weighted by molar-refractivity contribution is 0.0213. The fourth-order valence-electron chi connectivity index (χ4n) is 9.83. The van der Waals surface area contributed by atoms with Crippen LogP contribution in [-0.2, 0) is 59.3 Å². The summed E-state index contributed by atoms with van der Waals surface area (Å²) in [7, 11) is 2.99. The number of ether oxygens (including phenoxy) is 4. The Labute approximate surface area is 448 Å². The second kappa shape index (κ2) is 21.5. The zero-order valence-corrected chi connectivity index (χ0v) is 46.1. The van der Waals surface area contributed by atoms with Crippen LogP contribution in [0, 0.1) is 0 Å². The molecule has 21 heteroatoms. The van der Waals surface area contributed by atoms with Crippen LogP contribution < -0.4 is 20.5 Å². The minimum atomic E-state index is -1.05. The maximum absolute atomic E-state index is 13.4. The number of carboxylic acids is 1. The Bertz CT molecular complexity index is 3220. The van der Waals surface area contributed by atoms with Crippen LogP contribution in [0.15, 0.2) is 60.7 Å². The number of hydrogen-bond donors (Lipinski definition) is 3. The summed E-state index contributed by atoms with van der Waals surface area (Å²) in [6.45, 7) is 21.5. The number of pyridine rings is 2. The number of rotatable bonds is 7. The first-order valence-electron chi connectivity index (χ1n) is 25.7. The maximum Gasteiger partial charge on any atom is 0.410 e. The van der Waals surface area contributed by atoms with Gasteiger partial charge >= 0.3 is 18.2 Å². The Morgan fingerprint density at radius 1 is 0.610 bits per heavy atom. The van der Waals surface area contributed by atoms with Crippen LogP contribution in [0.25, 0.3) is 23.0 Å². The number of aromatic carboxylic acids is 1. The molecule has 6 aromatic rings. The molecule has 0 fully saturated rings. The lowest BCUT2D eigenvalue weighted by Crippen LogP contribution is -2.40. The van der Waals surface area contributed by atoms with Crippen LogP contribution in [-0.4, -0.2) is 117 Å². The van der Waals surface area contributed by atoms with E-state index < -0.39 is 17.2 Å². The number of nitrogens with two attached hydrogens (primary N) is 1. The first kappa shape index (κ1) is 55.1. The molecule has 4 aliphatic rings. The van der Waals surface area contributed by atoms with Crippen LogP contribution >= 0.6 is 0 Å². The van der Waals surface area contributed by atoms with Gasteiger partial charge in [0, 0.05) is 50.1 Å². The topological polar surface area (TPSA) is 257 Å². The number of nitrogens with zero attached hydrogens (tertiary/aromatic N) is 10. The highest BCUT2D eigenvalue weighted by molar-refractivity contribution is 6.06. The van der Waals surface area contributed by atoms with Crippen molar-refractivity contribution in [1.29, 1.82) is 0 Å². The van der Waals surface area contributed by atoms with Crippen molar-refractivity contribution in [3.8, 4) is 34.5 Å². The second-order valence-electron chi connectivity index (χ2n) is 22.7. The average Bonchev–Trinajstić information content (AvgIpc) is 4.20. The van der Waals surface area contributed by atoms with E-state index in [1.165, 1.54) is 7.11 Å². The van der Waals surface area contributed by atoms with Gasteiger partial charge in [0.2, 0.25) is 0 Å². The summed E-state index contributed by atoms with van der Waals surface area (Å²) >= 11 is 0. The zero-order chi connectivity index (χ0) is 55.8. The lowest BCUT2D eigenvalue weighted by Gasteiger charge is -2.31. The van der Waals surface area contributed by atoms with Gasteiger partial charge in [-0.05, 0) is 166 Å². The Morgan fingerprint density at radius 3 is 1.52 bits per heavy atom. The van der Waals surface area contributed by atoms with Gasteiger partial charge < -0.3 is 54.0 Å². The number of hydrogen-bond acceptors (Lipinski definition) is 15. The van der Waals surface area contributed by atoms with Gasteiger partial charge in [0.25, 0.3) is 5.91 Å². The molecule has 4 aromatic heterocycles. The Morgan fingerprint density at radius 2 is 1.06 bits per heavy atom. The largest absolute Gasteiger partial charge is 0.496 e. The summed E-state index contributed by atoms with van der Waals surface area (Å²) in [5.74, 6) is 3.81. The summed E-state index contributed by atoms with van der Waals surface area (Å²) in [4.78, 5) is 61.7. The Hall–Kier alpha value is -8.10. The van der Waals surface area contributed by atoms with E-state index in [1.807, 2.05) is 71.9 Å². The number of fused-ring (bicyclic) bond motifs is 4. The molecule has 10 rings (SSSR count). The average molecular weight is 1060 g/mol. The predicted molar refractivity (Wildman–Crippen MR) is 288 cm³/mol. The van der Waals surface area contributed by atoms with Crippen LogP contribution in [0.2, 0.25) is 0 Å². The van der Waals surface area contributed by atoms with E-state index in [4.69, 9.17) is 24.7 Å². The summed E-state index contributed by atoms with van der Waals surface area (Å²) in [5, 5.41) is 29.3. The second-order valence-corrected chi connectivity index (χ2v) is 22.7. The molecule has 0 saturated heterocycles.